The predicted molar refractivity (Wildman–Crippen MR) is 113 cm³/mol. The van der Waals surface area contributed by atoms with Crippen LogP contribution < -0.4 is 5.63 Å². The van der Waals surface area contributed by atoms with E-state index in [4.69, 9.17) is 9.52 Å². The van der Waals surface area contributed by atoms with Gasteiger partial charge in [-0.25, -0.2) is 14.6 Å². The van der Waals surface area contributed by atoms with Crippen LogP contribution in [0.25, 0.3) is 22.4 Å². The summed E-state index contributed by atoms with van der Waals surface area (Å²) < 4.78 is 5.33. The molecule has 0 saturated carbocycles. The van der Waals surface area contributed by atoms with Gasteiger partial charge in [-0.2, -0.15) is 0 Å². The van der Waals surface area contributed by atoms with Crippen LogP contribution >= 0.6 is 0 Å². The molecule has 4 aromatic rings. The van der Waals surface area contributed by atoms with E-state index in [0.29, 0.717) is 22.0 Å². The third-order valence-corrected chi connectivity index (χ3v) is 5.29. The number of aromatic nitrogens is 1. The minimum Gasteiger partial charge on any atom is -0.478 e. The van der Waals surface area contributed by atoms with Gasteiger partial charge in [-0.15, -0.1) is 0 Å². The van der Waals surface area contributed by atoms with Gasteiger partial charge in [0, 0.05) is 5.56 Å². The third-order valence-electron chi connectivity index (χ3n) is 5.29. The summed E-state index contributed by atoms with van der Waals surface area (Å²) in [6, 6.07) is 17.3. The molecule has 8 heteroatoms. The first-order valence-electron chi connectivity index (χ1n) is 9.65. The lowest BCUT2D eigenvalue weighted by molar-refractivity contribution is 0.0638. The number of carbonyl (C=O) groups is 3. The minimum absolute atomic E-state index is 0.00485. The molecule has 0 unspecified atom stereocenters. The second kappa shape index (κ2) is 7.28. The minimum atomic E-state index is -1.06. The molecule has 0 saturated heterocycles. The molecule has 1 aliphatic heterocycles. The quantitative estimate of drug-likeness (QED) is 0.497. The van der Waals surface area contributed by atoms with Gasteiger partial charge in [0.1, 0.15) is 0 Å². The van der Waals surface area contributed by atoms with E-state index >= 15 is 0 Å². The van der Waals surface area contributed by atoms with E-state index < -0.39 is 23.4 Å². The van der Waals surface area contributed by atoms with Gasteiger partial charge < -0.3 is 9.52 Å². The average molecular weight is 426 g/mol. The summed E-state index contributed by atoms with van der Waals surface area (Å²) in [5, 5.41) is 9.36. The molecule has 0 bridgehead atoms. The molecule has 0 spiro atoms. The standard InChI is InChI=1S/C24H14N2O6/c27-21-16-10-9-15(20-25-19-4-2-1-3-17(19)24(31)32-20)11-18(16)22(28)26(21)12-13-5-7-14(8-6-13)23(29)30/h1-11H,12H2,(H,29,30). The van der Waals surface area contributed by atoms with Crippen molar-refractivity contribution >= 4 is 28.7 Å². The van der Waals surface area contributed by atoms with Gasteiger partial charge in [-0.1, -0.05) is 24.3 Å². The summed E-state index contributed by atoms with van der Waals surface area (Å²) in [4.78, 5) is 54.5. The maximum atomic E-state index is 12.9. The number of benzene rings is 3. The van der Waals surface area contributed by atoms with Crippen molar-refractivity contribution in [1.29, 1.82) is 0 Å². The Bertz CT molecular complexity index is 1490. The lowest BCUT2D eigenvalue weighted by Gasteiger charge is -2.13. The molecule has 2 amide bonds. The molecule has 1 aromatic heterocycles. The number of aromatic carboxylic acids is 1. The molecule has 3 aromatic carbocycles. The summed E-state index contributed by atoms with van der Waals surface area (Å²) >= 11 is 0. The zero-order chi connectivity index (χ0) is 22.4. The fraction of sp³-hybridized carbons (Fsp3) is 0.0417. The maximum absolute atomic E-state index is 12.9. The second-order valence-corrected chi connectivity index (χ2v) is 7.28. The molecule has 8 nitrogen and oxygen atoms in total. The Balaban J connectivity index is 1.48. The van der Waals surface area contributed by atoms with Gasteiger partial charge >= 0.3 is 11.6 Å². The number of hydrogen-bond acceptors (Lipinski definition) is 6. The number of fused-ring (bicyclic) bond motifs is 2. The van der Waals surface area contributed by atoms with Crippen LogP contribution in [0.3, 0.4) is 0 Å². The molecule has 5 rings (SSSR count). The lowest BCUT2D eigenvalue weighted by atomic mass is 10.1. The van der Waals surface area contributed by atoms with Crippen LogP contribution in [0.2, 0.25) is 0 Å². The Morgan fingerprint density at radius 3 is 2.38 bits per heavy atom. The molecule has 156 valence electrons. The SMILES string of the molecule is O=C(O)c1ccc(CN2C(=O)c3ccc(-c4nc5ccccc5c(=O)o4)cc3C2=O)cc1. The van der Waals surface area contributed by atoms with Crippen LogP contribution in [-0.4, -0.2) is 32.8 Å². The summed E-state index contributed by atoms with van der Waals surface area (Å²) in [6.45, 7) is 0.00485. The smallest absolute Gasteiger partial charge is 0.347 e. The predicted octanol–water partition coefficient (Wildman–Crippen LogP) is 3.35. The Hall–Kier alpha value is -4.59. The molecule has 0 aliphatic carbocycles. The van der Waals surface area contributed by atoms with Gasteiger partial charge in [0.05, 0.1) is 34.1 Å². The first-order chi connectivity index (χ1) is 15.4. The number of carboxylic acid groups (broad SMARTS) is 1. The van der Waals surface area contributed by atoms with E-state index in [1.165, 1.54) is 24.3 Å². The first-order valence-corrected chi connectivity index (χ1v) is 9.65. The zero-order valence-electron chi connectivity index (χ0n) is 16.4. The average Bonchev–Trinajstić information content (AvgIpc) is 3.03. The topological polar surface area (TPSA) is 118 Å². The molecule has 0 fully saturated rings. The van der Waals surface area contributed by atoms with Crippen LogP contribution in [0, 0.1) is 0 Å². The van der Waals surface area contributed by atoms with E-state index in [-0.39, 0.29) is 29.1 Å². The lowest BCUT2D eigenvalue weighted by Crippen LogP contribution is -2.29. The van der Waals surface area contributed by atoms with Crippen molar-refractivity contribution in [3.8, 4) is 11.5 Å². The number of hydrogen-bond donors (Lipinski definition) is 1. The molecular formula is C24H14N2O6. The fourth-order valence-corrected chi connectivity index (χ4v) is 3.64. The number of nitrogens with zero attached hydrogens (tertiary/aromatic N) is 2. The molecule has 32 heavy (non-hydrogen) atoms. The summed E-state index contributed by atoms with van der Waals surface area (Å²) in [5.74, 6) is -1.94. The van der Waals surface area contributed by atoms with Gasteiger partial charge in [0.15, 0.2) is 0 Å². The van der Waals surface area contributed by atoms with E-state index in [0.717, 1.165) is 4.90 Å². The number of imide groups is 1. The van der Waals surface area contributed by atoms with Crippen molar-refractivity contribution in [2.75, 3.05) is 0 Å². The largest absolute Gasteiger partial charge is 0.478 e. The van der Waals surface area contributed by atoms with Crippen molar-refractivity contribution in [3.05, 3.63) is 99.4 Å². The highest BCUT2D eigenvalue weighted by Crippen LogP contribution is 2.29. The number of para-hydroxylation sites is 1. The van der Waals surface area contributed by atoms with Crippen LogP contribution in [-0.2, 0) is 6.54 Å². The zero-order valence-corrected chi connectivity index (χ0v) is 16.4. The highest BCUT2D eigenvalue weighted by molar-refractivity contribution is 6.21. The van der Waals surface area contributed by atoms with Crippen molar-refractivity contribution < 1.29 is 23.9 Å². The van der Waals surface area contributed by atoms with Crippen LogP contribution in [0.4, 0.5) is 0 Å². The molecule has 0 radical (unpaired) electrons. The molecule has 1 aliphatic rings. The molecular weight excluding hydrogens is 412 g/mol. The Morgan fingerprint density at radius 2 is 1.62 bits per heavy atom. The van der Waals surface area contributed by atoms with Crippen molar-refractivity contribution in [2.45, 2.75) is 6.54 Å². The third kappa shape index (κ3) is 3.14. The highest BCUT2D eigenvalue weighted by atomic mass is 16.4. The number of carbonyl (C=O) groups excluding carboxylic acids is 2. The summed E-state index contributed by atoms with van der Waals surface area (Å²) in [6.07, 6.45) is 0. The first kappa shape index (κ1) is 19.4. The Kier molecular flexibility index (Phi) is 4.41. The highest BCUT2D eigenvalue weighted by Gasteiger charge is 2.36. The van der Waals surface area contributed by atoms with E-state index in [2.05, 4.69) is 4.98 Å². The summed E-state index contributed by atoms with van der Waals surface area (Å²) in [7, 11) is 0. The van der Waals surface area contributed by atoms with Gasteiger partial charge in [-0.05, 0) is 48.0 Å². The Morgan fingerprint density at radius 1 is 0.906 bits per heavy atom. The van der Waals surface area contributed by atoms with E-state index in [9.17, 15) is 19.2 Å². The van der Waals surface area contributed by atoms with Gasteiger partial charge in [-0.3, -0.25) is 14.5 Å². The van der Waals surface area contributed by atoms with Crippen molar-refractivity contribution in [1.82, 2.24) is 9.88 Å². The second-order valence-electron chi connectivity index (χ2n) is 7.28. The fourth-order valence-electron chi connectivity index (χ4n) is 3.64. The van der Waals surface area contributed by atoms with Crippen LogP contribution in [0.5, 0.6) is 0 Å². The van der Waals surface area contributed by atoms with Gasteiger partial charge in [0.25, 0.3) is 11.8 Å². The van der Waals surface area contributed by atoms with Crippen LogP contribution in [0.1, 0.15) is 36.6 Å². The maximum Gasteiger partial charge on any atom is 0.347 e. The molecule has 1 N–H and O–H groups in total. The molecule has 2 heterocycles. The number of amides is 2. The van der Waals surface area contributed by atoms with Crippen molar-refractivity contribution in [2.24, 2.45) is 0 Å². The van der Waals surface area contributed by atoms with E-state index in [1.54, 1.807) is 42.5 Å². The van der Waals surface area contributed by atoms with Gasteiger partial charge in [0.2, 0.25) is 5.89 Å². The Labute approximate surface area is 180 Å². The van der Waals surface area contributed by atoms with Crippen molar-refractivity contribution in [3.63, 3.8) is 0 Å². The van der Waals surface area contributed by atoms with Crippen LogP contribution in [0.15, 0.2) is 75.9 Å². The molecule has 0 atom stereocenters. The number of rotatable bonds is 4. The normalized spacial score (nSPS) is 12.9. The monoisotopic (exact) mass is 426 g/mol. The van der Waals surface area contributed by atoms with E-state index in [1.807, 2.05) is 0 Å². The number of carboxylic acids is 1. The summed E-state index contributed by atoms with van der Waals surface area (Å²) in [5.41, 5.74) is 1.49.